The summed E-state index contributed by atoms with van der Waals surface area (Å²) in [5.41, 5.74) is 1.26. The van der Waals surface area contributed by atoms with Gasteiger partial charge in [-0.1, -0.05) is 6.07 Å². The molecule has 3 aromatic rings. The monoisotopic (exact) mass is 297 g/mol. The van der Waals surface area contributed by atoms with Crippen LogP contribution in [0.3, 0.4) is 0 Å². The zero-order valence-electron chi connectivity index (χ0n) is 11.7. The number of fused-ring (bicyclic) bond motifs is 1. The highest BCUT2D eigenvalue weighted by atomic mass is 19.1. The van der Waals surface area contributed by atoms with Crippen LogP contribution in [-0.2, 0) is 0 Å². The highest BCUT2D eigenvalue weighted by molar-refractivity contribution is 6.05. The summed E-state index contributed by atoms with van der Waals surface area (Å²) in [7, 11) is 0. The molecule has 1 heterocycles. The van der Waals surface area contributed by atoms with Gasteiger partial charge in [-0.25, -0.2) is 9.18 Å². The van der Waals surface area contributed by atoms with Crippen LogP contribution in [0.4, 0.5) is 10.1 Å². The fraction of sp³-hybridized carbons (Fsp3) is 0.0588. The van der Waals surface area contributed by atoms with E-state index in [1.807, 2.05) is 0 Å². The molecule has 0 aliphatic heterocycles. The van der Waals surface area contributed by atoms with Crippen molar-refractivity contribution in [2.24, 2.45) is 0 Å². The predicted molar refractivity (Wildman–Crippen MR) is 81.6 cm³/mol. The van der Waals surface area contributed by atoms with Crippen molar-refractivity contribution in [3.63, 3.8) is 0 Å². The second kappa shape index (κ2) is 5.44. The Morgan fingerprint density at radius 2 is 1.91 bits per heavy atom. The summed E-state index contributed by atoms with van der Waals surface area (Å²) in [4.78, 5) is 23.2. The van der Waals surface area contributed by atoms with E-state index in [1.54, 1.807) is 43.3 Å². The Morgan fingerprint density at radius 1 is 1.09 bits per heavy atom. The first-order valence-corrected chi connectivity index (χ1v) is 6.64. The molecule has 3 rings (SSSR count). The van der Waals surface area contributed by atoms with Crippen LogP contribution < -0.4 is 10.9 Å². The van der Waals surface area contributed by atoms with Crippen LogP contribution in [0.25, 0.3) is 11.0 Å². The van der Waals surface area contributed by atoms with Crippen LogP contribution in [0, 0.1) is 12.7 Å². The molecule has 22 heavy (non-hydrogen) atoms. The number of anilines is 1. The van der Waals surface area contributed by atoms with E-state index in [9.17, 15) is 14.0 Å². The molecule has 0 saturated heterocycles. The van der Waals surface area contributed by atoms with Crippen LogP contribution >= 0.6 is 0 Å². The molecule has 0 unspecified atom stereocenters. The zero-order chi connectivity index (χ0) is 15.7. The summed E-state index contributed by atoms with van der Waals surface area (Å²) in [5, 5.41) is 3.37. The molecule has 0 fully saturated rings. The average Bonchev–Trinajstić information content (AvgIpc) is 2.50. The SMILES string of the molecule is Cc1ccc(C(=O)Nc2ccc3oc(=O)ccc3c2)cc1F. The highest BCUT2D eigenvalue weighted by Crippen LogP contribution is 2.19. The van der Waals surface area contributed by atoms with Crippen molar-refractivity contribution in [1.82, 2.24) is 0 Å². The molecule has 4 nitrogen and oxygen atoms in total. The van der Waals surface area contributed by atoms with Gasteiger partial charge >= 0.3 is 5.63 Å². The number of nitrogens with one attached hydrogen (secondary N) is 1. The molecule has 0 aliphatic carbocycles. The standard InChI is InChI=1S/C17H12FNO3/c1-10-2-3-12(9-14(10)18)17(21)19-13-5-6-15-11(8-13)4-7-16(20)22-15/h2-9H,1H3,(H,19,21). The van der Waals surface area contributed by atoms with E-state index < -0.39 is 17.3 Å². The number of aryl methyl sites for hydroxylation is 1. The van der Waals surface area contributed by atoms with E-state index in [1.165, 1.54) is 12.1 Å². The maximum absolute atomic E-state index is 13.5. The van der Waals surface area contributed by atoms with Crippen molar-refractivity contribution in [1.29, 1.82) is 0 Å². The lowest BCUT2D eigenvalue weighted by Gasteiger charge is -2.07. The van der Waals surface area contributed by atoms with Gasteiger partial charge in [0.15, 0.2) is 0 Å². The van der Waals surface area contributed by atoms with Crippen LogP contribution in [-0.4, -0.2) is 5.91 Å². The van der Waals surface area contributed by atoms with Gasteiger partial charge in [-0.2, -0.15) is 0 Å². The Morgan fingerprint density at radius 3 is 2.68 bits per heavy atom. The molecular weight excluding hydrogens is 285 g/mol. The first kappa shape index (κ1) is 14.0. The fourth-order valence-electron chi connectivity index (χ4n) is 2.09. The first-order chi connectivity index (χ1) is 10.5. The quantitative estimate of drug-likeness (QED) is 0.737. The molecule has 1 N–H and O–H groups in total. The summed E-state index contributed by atoms with van der Waals surface area (Å²) in [6.45, 7) is 1.63. The molecule has 0 saturated carbocycles. The lowest BCUT2D eigenvalue weighted by Crippen LogP contribution is -2.12. The minimum atomic E-state index is -0.431. The topological polar surface area (TPSA) is 59.3 Å². The fourth-order valence-corrected chi connectivity index (χ4v) is 2.09. The number of amides is 1. The number of carbonyl (C=O) groups is 1. The molecule has 1 amide bonds. The second-order valence-electron chi connectivity index (χ2n) is 4.93. The van der Waals surface area contributed by atoms with Crippen LogP contribution in [0.15, 0.2) is 57.7 Å². The Kier molecular flexibility index (Phi) is 3.47. The van der Waals surface area contributed by atoms with Crippen molar-refractivity contribution < 1.29 is 13.6 Å². The van der Waals surface area contributed by atoms with Crippen molar-refractivity contribution in [2.75, 3.05) is 5.32 Å². The van der Waals surface area contributed by atoms with Gasteiger partial charge < -0.3 is 9.73 Å². The molecule has 0 atom stereocenters. The summed E-state index contributed by atoms with van der Waals surface area (Å²) in [6, 6.07) is 12.1. The van der Waals surface area contributed by atoms with E-state index in [2.05, 4.69) is 5.32 Å². The molecule has 1 aromatic heterocycles. The van der Waals surface area contributed by atoms with Gasteiger partial charge in [0.05, 0.1) is 0 Å². The normalized spacial score (nSPS) is 10.6. The van der Waals surface area contributed by atoms with Crippen LogP contribution in [0.2, 0.25) is 0 Å². The maximum atomic E-state index is 13.5. The average molecular weight is 297 g/mol. The largest absolute Gasteiger partial charge is 0.423 e. The predicted octanol–water partition coefficient (Wildman–Crippen LogP) is 3.49. The molecular formula is C17H12FNO3. The molecule has 0 bridgehead atoms. The van der Waals surface area contributed by atoms with E-state index in [4.69, 9.17) is 4.42 Å². The zero-order valence-corrected chi connectivity index (χ0v) is 11.7. The van der Waals surface area contributed by atoms with Gasteiger partial charge in [0, 0.05) is 22.7 Å². The first-order valence-electron chi connectivity index (χ1n) is 6.64. The lowest BCUT2D eigenvalue weighted by atomic mass is 10.1. The Hall–Kier alpha value is -2.95. The number of halogens is 1. The minimum absolute atomic E-state index is 0.239. The number of rotatable bonds is 2. The third-order valence-electron chi connectivity index (χ3n) is 3.31. The lowest BCUT2D eigenvalue weighted by molar-refractivity contribution is 0.102. The number of hydrogen-bond acceptors (Lipinski definition) is 3. The smallest absolute Gasteiger partial charge is 0.336 e. The maximum Gasteiger partial charge on any atom is 0.336 e. The van der Waals surface area contributed by atoms with Gasteiger partial charge in [0.25, 0.3) is 5.91 Å². The minimum Gasteiger partial charge on any atom is -0.423 e. The third kappa shape index (κ3) is 2.74. The molecule has 0 radical (unpaired) electrons. The number of hydrogen-bond donors (Lipinski definition) is 1. The number of benzene rings is 2. The summed E-state index contributed by atoms with van der Waals surface area (Å²) in [5.74, 6) is -0.830. The van der Waals surface area contributed by atoms with Gasteiger partial charge in [-0.3, -0.25) is 4.79 Å². The summed E-state index contributed by atoms with van der Waals surface area (Å²) < 4.78 is 18.5. The Labute approximate surface area is 125 Å². The van der Waals surface area contributed by atoms with Gasteiger partial charge in [0.1, 0.15) is 11.4 Å². The highest BCUT2D eigenvalue weighted by Gasteiger charge is 2.09. The van der Waals surface area contributed by atoms with Crippen LogP contribution in [0.1, 0.15) is 15.9 Å². The summed E-state index contributed by atoms with van der Waals surface area (Å²) >= 11 is 0. The van der Waals surface area contributed by atoms with Crippen molar-refractivity contribution in [3.8, 4) is 0 Å². The van der Waals surface area contributed by atoms with Crippen molar-refractivity contribution in [2.45, 2.75) is 6.92 Å². The molecule has 110 valence electrons. The van der Waals surface area contributed by atoms with E-state index in [0.29, 0.717) is 22.2 Å². The molecule has 5 heteroatoms. The van der Waals surface area contributed by atoms with Gasteiger partial charge in [0.2, 0.25) is 0 Å². The third-order valence-corrected chi connectivity index (χ3v) is 3.31. The summed E-state index contributed by atoms with van der Waals surface area (Å²) in [6.07, 6.45) is 0. The van der Waals surface area contributed by atoms with E-state index in [-0.39, 0.29) is 5.56 Å². The van der Waals surface area contributed by atoms with E-state index >= 15 is 0 Å². The Bertz CT molecular complexity index is 931. The Balaban J connectivity index is 1.88. The van der Waals surface area contributed by atoms with Crippen LogP contribution in [0.5, 0.6) is 0 Å². The molecule has 0 aliphatic rings. The van der Waals surface area contributed by atoms with Crippen molar-refractivity contribution >= 4 is 22.6 Å². The van der Waals surface area contributed by atoms with Crippen molar-refractivity contribution in [3.05, 3.63) is 75.9 Å². The number of carbonyl (C=O) groups excluding carboxylic acids is 1. The van der Waals surface area contributed by atoms with Gasteiger partial charge in [-0.05, 0) is 48.9 Å². The molecule has 0 spiro atoms. The molecule has 2 aromatic carbocycles. The second-order valence-corrected chi connectivity index (χ2v) is 4.93. The van der Waals surface area contributed by atoms with E-state index in [0.717, 1.165) is 0 Å². The van der Waals surface area contributed by atoms with Gasteiger partial charge in [-0.15, -0.1) is 0 Å².